The van der Waals surface area contributed by atoms with Crippen molar-refractivity contribution in [3.05, 3.63) is 126 Å². The molecule has 0 saturated carbocycles. The van der Waals surface area contributed by atoms with Crippen molar-refractivity contribution in [1.82, 2.24) is 4.57 Å². The van der Waals surface area contributed by atoms with E-state index in [-0.39, 0.29) is 32.0 Å². The standard InChI is InChI=1S/C31H22N4O6S/c1-2-40-22-14-12-20(13-15-22)33-29(36)25(19-32)31-34(21-8-4-3-5-9-21)30(37)28(42-31)18-23-16-17-27(41-23)24-10-6-7-11-26(24)35(38)39/h3-18H,2H2,1H3,(H,33,36)/b28-18+,31-25-. The fourth-order valence-corrected chi connectivity index (χ4v) is 5.28. The first-order valence-electron chi connectivity index (χ1n) is 12.7. The van der Waals surface area contributed by atoms with Crippen LogP contribution in [0.2, 0.25) is 0 Å². The molecule has 5 rings (SSSR count). The Morgan fingerprint density at radius 2 is 1.79 bits per heavy atom. The molecule has 5 aromatic rings. The van der Waals surface area contributed by atoms with Crippen LogP contribution in [-0.4, -0.2) is 22.0 Å². The molecule has 10 nitrogen and oxygen atoms in total. The summed E-state index contributed by atoms with van der Waals surface area (Å²) < 4.78 is 12.9. The lowest BCUT2D eigenvalue weighted by atomic mass is 10.1. The number of carbonyl (C=O) groups excluding carboxylic acids is 1. The van der Waals surface area contributed by atoms with Crippen molar-refractivity contribution in [2.24, 2.45) is 0 Å². The summed E-state index contributed by atoms with van der Waals surface area (Å²) in [7, 11) is 0. The van der Waals surface area contributed by atoms with Gasteiger partial charge in [0.05, 0.1) is 27.3 Å². The largest absolute Gasteiger partial charge is 0.494 e. The highest BCUT2D eigenvalue weighted by atomic mass is 32.1. The van der Waals surface area contributed by atoms with Crippen molar-refractivity contribution in [1.29, 1.82) is 5.26 Å². The van der Waals surface area contributed by atoms with Crippen LogP contribution in [0.3, 0.4) is 0 Å². The van der Waals surface area contributed by atoms with E-state index in [2.05, 4.69) is 5.32 Å². The molecule has 11 heteroatoms. The van der Waals surface area contributed by atoms with Crippen LogP contribution >= 0.6 is 11.3 Å². The molecule has 2 heterocycles. The third-order valence-corrected chi connectivity index (χ3v) is 7.17. The predicted molar refractivity (Wildman–Crippen MR) is 159 cm³/mol. The Kier molecular flexibility index (Phi) is 8.08. The summed E-state index contributed by atoms with van der Waals surface area (Å²) in [6.07, 6.45) is 1.48. The molecule has 42 heavy (non-hydrogen) atoms. The van der Waals surface area contributed by atoms with Gasteiger partial charge in [0.1, 0.15) is 28.0 Å². The number of hydrogen-bond donors (Lipinski definition) is 1. The molecule has 0 aliphatic carbocycles. The fraction of sp³-hybridized carbons (Fsp3) is 0.0645. The number of benzene rings is 3. The molecule has 0 radical (unpaired) electrons. The zero-order valence-electron chi connectivity index (χ0n) is 22.1. The van der Waals surface area contributed by atoms with Crippen LogP contribution in [0.1, 0.15) is 12.7 Å². The van der Waals surface area contributed by atoms with Gasteiger partial charge in [-0.05, 0) is 61.5 Å². The number of nitro groups is 1. The second-order valence-corrected chi connectivity index (χ2v) is 9.80. The molecule has 0 saturated heterocycles. The van der Waals surface area contributed by atoms with E-state index in [4.69, 9.17) is 9.15 Å². The number of anilines is 1. The van der Waals surface area contributed by atoms with Crippen molar-refractivity contribution in [2.45, 2.75) is 6.92 Å². The number of nitrogens with one attached hydrogen (secondary N) is 1. The van der Waals surface area contributed by atoms with E-state index in [1.165, 1.54) is 16.7 Å². The van der Waals surface area contributed by atoms with Crippen molar-refractivity contribution >= 4 is 40.3 Å². The van der Waals surface area contributed by atoms with Gasteiger partial charge in [-0.25, -0.2) is 0 Å². The number of thiazole rings is 1. The van der Waals surface area contributed by atoms with Gasteiger partial charge in [-0.2, -0.15) is 5.26 Å². The van der Waals surface area contributed by atoms with E-state index in [0.29, 0.717) is 29.3 Å². The summed E-state index contributed by atoms with van der Waals surface area (Å²) in [5.41, 5.74) is 0.374. The van der Waals surface area contributed by atoms with Crippen LogP contribution in [0.4, 0.5) is 11.4 Å². The average Bonchev–Trinajstić information content (AvgIpc) is 3.59. The lowest BCUT2D eigenvalue weighted by Gasteiger charge is -2.07. The number of hydrogen-bond acceptors (Lipinski definition) is 8. The molecule has 0 unspecified atom stereocenters. The zero-order chi connectivity index (χ0) is 29.6. The second kappa shape index (κ2) is 12.2. The minimum Gasteiger partial charge on any atom is -0.494 e. The number of nitrogens with zero attached hydrogens (tertiary/aromatic N) is 3. The van der Waals surface area contributed by atoms with Gasteiger partial charge in [0, 0.05) is 17.8 Å². The number of furan rings is 1. The second-order valence-electron chi connectivity index (χ2n) is 8.77. The number of carbonyl (C=O) groups is 1. The van der Waals surface area contributed by atoms with E-state index in [9.17, 15) is 25.0 Å². The van der Waals surface area contributed by atoms with Crippen molar-refractivity contribution in [3.63, 3.8) is 0 Å². The van der Waals surface area contributed by atoms with Gasteiger partial charge >= 0.3 is 0 Å². The van der Waals surface area contributed by atoms with Crippen LogP contribution in [-0.2, 0) is 4.79 Å². The number of ether oxygens (including phenoxy) is 1. The van der Waals surface area contributed by atoms with Crippen molar-refractivity contribution in [2.75, 3.05) is 11.9 Å². The van der Waals surface area contributed by atoms with Crippen LogP contribution < -0.4 is 24.8 Å². The Labute approximate surface area is 242 Å². The highest BCUT2D eigenvalue weighted by Gasteiger charge is 2.19. The van der Waals surface area contributed by atoms with E-state index in [0.717, 1.165) is 11.3 Å². The van der Waals surface area contributed by atoms with E-state index >= 15 is 0 Å². The molecule has 2 aromatic heterocycles. The molecule has 0 atom stereocenters. The topological polar surface area (TPSA) is 140 Å². The highest BCUT2D eigenvalue weighted by molar-refractivity contribution is 7.07. The maximum Gasteiger partial charge on any atom is 0.280 e. The number of para-hydroxylation sites is 2. The average molecular weight is 579 g/mol. The smallest absolute Gasteiger partial charge is 0.280 e. The normalized spacial score (nSPS) is 12.0. The van der Waals surface area contributed by atoms with Crippen LogP contribution in [0.15, 0.2) is 100 Å². The van der Waals surface area contributed by atoms with Crippen LogP contribution in [0, 0.1) is 21.4 Å². The molecule has 1 N–H and O–H groups in total. The summed E-state index contributed by atoms with van der Waals surface area (Å²) in [4.78, 5) is 37.9. The zero-order valence-corrected chi connectivity index (χ0v) is 23.0. The summed E-state index contributed by atoms with van der Waals surface area (Å²) in [6, 6.07) is 26.7. The first-order chi connectivity index (χ1) is 20.4. The van der Waals surface area contributed by atoms with E-state index in [1.807, 2.05) is 13.0 Å². The number of aromatic nitrogens is 1. The van der Waals surface area contributed by atoms with Crippen LogP contribution in [0.5, 0.6) is 5.75 Å². The highest BCUT2D eigenvalue weighted by Crippen LogP contribution is 2.31. The molecule has 3 aromatic carbocycles. The number of nitriles is 1. The molecular formula is C31H22N4O6S. The third-order valence-electron chi connectivity index (χ3n) is 6.08. The molecule has 0 spiro atoms. The molecule has 0 aliphatic rings. The van der Waals surface area contributed by atoms with E-state index in [1.54, 1.807) is 84.9 Å². The third kappa shape index (κ3) is 5.74. The number of amides is 1. The van der Waals surface area contributed by atoms with Crippen molar-refractivity contribution in [3.8, 4) is 28.8 Å². The molecule has 1 amide bonds. The minimum atomic E-state index is -0.684. The Bertz CT molecular complexity index is 2000. The molecule has 0 bridgehead atoms. The Morgan fingerprint density at radius 3 is 2.48 bits per heavy atom. The van der Waals surface area contributed by atoms with Gasteiger partial charge in [0.15, 0.2) is 5.57 Å². The lowest BCUT2D eigenvalue weighted by molar-refractivity contribution is -0.384. The lowest BCUT2D eigenvalue weighted by Crippen LogP contribution is -2.32. The molecule has 0 aliphatic heterocycles. The van der Waals surface area contributed by atoms with Gasteiger partial charge in [0.25, 0.3) is 17.2 Å². The molecule has 0 fully saturated rings. The van der Waals surface area contributed by atoms with Gasteiger partial charge in [-0.3, -0.25) is 24.3 Å². The Morgan fingerprint density at radius 1 is 1.07 bits per heavy atom. The molecular weight excluding hydrogens is 556 g/mol. The van der Waals surface area contributed by atoms with Gasteiger partial charge < -0.3 is 14.5 Å². The van der Waals surface area contributed by atoms with Gasteiger partial charge in [-0.1, -0.05) is 30.3 Å². The first-order valence-corrected chi connectivity index (χ1v) is 13.5. The van der Waals surface area contributed by atoms with E-state index < -0.39 is 16.4 Å². The predicted octanol–water partition coefficient (Wildman–Crippen LogP) is 4.61. The van der Waals surface area contributed by atoms with Gasteiger partial charge in [-0.15, -0.1) is 11.3 Å². The number of nitro benzene ring substituents is 1. The Balaban J connectivity index is 1.61. The monoisotopic (exact) mass is 578 g/mol. The maximum atomic E-state index is 13.7. The maximum absolute atomic E-state index is 13.7. The summed E-state index contributed by atoms with van der Waals surface area (Å²) in [5.74, 6) is 0.480. The van der Waals surface area contributed by atoms with Crippen molar-refractivity contribution < 1.29 is 18.9 Å². The molecule has 208 valence electrons. The SMILES string of the molecule is CCOc1ccc(NC(=O)/C(C#N)=c2\s/c(=C/c3ccc(-c4ccccc4[N+](=O)[O-])o3)c(=O)n2-c2ccccc2)cc1. The quantitative estimate of drug-likeness (QED) is 0.209. The summed E-state index contributed by atoms with van der Waals surface area (Å²) in [5, 5.41) is 24.2. The Hall–Kier alpha value is -5.73. The minimum absolute atomic E-state index is 0.116. The summed E-state index contributed by atoms with van der Waals surface area (Å²) in [6.45, 7) is 2.36. The first kappa shape index (κ1) is 27.8. The van der Waals surface area contributed by atoms with Gasteiger partial charge in [0.2, 0.25) is 0 Å². The summed E-state index contributed by atoms with van der Waals surface area (Å²) >= 11 is 0.956. The fourth-order valence-electron chi connectivity index (χ4n) is 4.20. The van der Waals surface area contributed by atoms with Crippen LogP contribution in [0.25, 0.3) is 28.7 Å². The number of rotatable bonds is 8.